The Morgan fingerprint density at radius 3 is 2.71 bits per heavy atom. The minimum Gasteiger partial charge on any atom is -0.280 e. The van der Waals surface area contributed by atoms with Gasteiger partial charge in [-0.25, -0.2) is 9.67 Å². The second-order valence-electron chi connectivity index (χ2n) is 4.83. The SMILES string of the molecule is CCn1nc(C)c2nc(CCCl)n(-c3ccccc3I)c21. The predicted octanol–water partition coefficient (Wildman–Crippen LogP) is 3.94. The van der Waals surface area contributed by atoms with Gasteiger partial charge in [0.1, 0.15) is 11.3 Å². The first-order chi connectivity index (χ1) is 10.2. The van der Waals surface area contributed by atoms with Crippen molar-refractivity contribution >= 4 is 45.4 Å². The second-order valence-corrected chi connectivity index (χ2v) is 6.37. The zero-order valence-electron chi connectivity index (χ0n) is 12.0. The summed E-state index contributed by atoms with van der Waals surface area (Å²) >= 11 is 8.32. The number of hydrogen-bond donors (Lipinski definition) is 0. The molecule has 1 aromatic carbocycles. The molecule has 0 unspecified atom stereocenters. The first kappa shape index (κ1) is 14.8. The summed E-state index contributed by atoms with van der Waals surface area (Å²) in [7, 11) is 0. The van der Waals surface area contributed by atoms with E-state index < -0.39 is 0 Å². The van der Waals surface area contributed by atoms with Crippen LogP contribution in [0, 0.1) is 10.5 Å². The molecule has 3 rings (SSSR count). The largest absolute Gasteiger partial charge is 0.280 e. The lowest BCUT2D eigenvalue weighted by molar-refractivity contribution is 0.658. The zero-order chi connectivity index (χ0) is 15.0. The van der Waals surface area contributed by atoms with Gasteiger partial charge in [-0.3, -0.25) is 4.57 Å². The standard InChI is InChI=1S/C15H16ClIN4/c1-3-20-15-14(10(2)19-20)18-13(8-9-16)21(15)12-7-5-4-6-11(12)17/h4-7H,3,8-9H2,1-2H3. The highest BCUT2D eigenvalue weighted by Crippen LogP contribution is 2.27. The van der Waals surface area contributed by atoms with Crippen molar-refractivity contribution in [3.05, 3.63) is 39.4 Å². The summed E-state index contributed by atoms with van der Waals surface area (Å²) in [6, 6.07) is 8.31. The number of nitrogens with zero attached hydrogens (tertiary/aromatic N) is 4. The Hall–Kier alpha value is -1.08. The smallest absolute Gasteiger partial charge is 0.163 e. The number of aromatic nitrogens is 4. The third kappa shape index (κ3) is 2.46. The molecule has 0 spiro atoms. The van der Waals surface area contributed by atoms with Gasteiger partial charge in [-0.2, -0.15) is 5.10 Å². The molecule has 0 atom stereocenters. The number of rotatable bonds is 4. The Morgan fingerprint density at radius 2 is 2.05 bits per heavy atom. The third-order valence-electron chi connectivity index (χ3n) is 3.49. The first-order valence-electron chi connectivity index (χ1n) is 6.93. The molecule has 6 heteroatoms. The monoisotopic (exact) mass is 414 g/mol. The van der Waals surface area contributed by atoms with Gasteiger partial charge in [-0.15, -0.1) is 11.6 Å². The summed E-state index contributed by atoms with van der Waals surface area (Å²) in [6.45, 7) is 4.92. The molecule has 0 bridgehead atoms. The number of halogens is 2. The summed E-state index contributed by atoms with van der Waals surface area (Å²) in [6.07, 6.45) is 0.740. The minimum absolute atomic E-state index is 0.557. The van der Waals surface area contributed by atoms with Crippen LogP contribution in [0.25, 0.3) is 16.9 Å². The van der Waals surface area contributed by atoms with Crippen LogP contribution in [-0.2, 0) is 13.0 Å². The van der Waals surface area contributed by atoms with Crippen molar-refractivity contribution in [1.29, 1.82) is 0 Å². The number of imidazole rings is 1. The van der Waals surface area contributed by atoms with Crippen LogP contribution < -0.4 is 0 Å². The molecule has 0 aliphatic rings. The van der Waals surface area contributed by atoms with Crippen LogP contribution in [0.4, 0.5) is 0 Å². The van der Waals surface area contributed by atoms with Crippen LogP contribution in [0.1, 0.15) is 18.4 Å². The van der Waals surface area contributed by atoms with Crippen molar-refractivity contribution in [2.75, 3.05) is 5.88 Å². The van der Waals surface area contributed by atoms with Crippen molar-refractivity contribution in [1.82, 2.24) is 19.3 Å². The van der Waals surface area contributed by atoms with Crippen molar-refractivity contribution in [3.63, 3.8) is 0 Å². The fourth-order valence-electron chi connectivity index (χ4n) is 2.57. The van der Waals surface area contributed by atoms with Gasteiger partial charge in [-0.1, -0.05) is 12.1 Å². The first-order valence-corrected chi connectivity index (χ1v) is 8.54. The van der Waals surface area contributed by atoms with E-state index in [1.165, 1.54) is 3.57 Å². The quantitative estimate of drug-likeness (QED) is 0.479. The van der Waals surface area contributed by atoms with Gasteiger partial charge in [0.2, 0.25) is 0 Å². The maximum absolute atomic E-state index is 5.97. The summed E-state index contributed by atoms with van der Waals surface area (Å²) in [5, 5.41) is 4.58. The van der Waals surface area contributed by atoms with E-state index in [0.717, 1.165) is 41.3 Å². The molecular weight excluding hydrogens is 399 g/mol. The highest BCUT2D eigenvalue weighted by atomic mass is 127. The van der Waals surface area contributed by atoms with Crippen molar-refractivity contribution in [3.8, 4) is 5.69 Å². The summed E-state index contributed by atoms with van der Waals surface area (Å²) in [5.41, 5.74) is 4.12. The van der Waals surface area contributed by atoms with Gasteiger partial charge in [0.25, 0.3) is 0 Å². The molecule has 4 nitrogen and oxygen atoms in total. The lowest BCUT2D eigenvalue weighted by Gasteiger charge is -2.11. The molecule has 3 aromatic rings. The Balaban J connectivity index is 2.37. The number of benzene rings is 1. The topological polar surface area (TPSA) is 35.6 Å². The maximum Gasteiger partial charge on any atom is 0.163 e. The van der Waals surface area contributed by atoms with Crippen LogP contribution in [0.3, 0.4) is 0 Å². The second kappa shape index (κ2) is 5.96. The summed E-state index contributed by atoms with van der Waals surface area (Å²) in [4.78, 5) is 4.78. The molecule has 0 N–H and O–H groups in total. The third-order valence-corrected chi connectivity index (χ3v) is 4.59. The van der Waals surface area contributed by atoms with Crippen LogP contribution in [-0.4, -0.2) is 25.2 Å². The number of aryl methyl sites for hydroxylation is 3. The van der Waals surface area contributed by atoms with Gasteiger partial charge >= 0.3 is 0 Å². The van der Waals surface area contributed by atoms with Crippen LogP contribution >= 0.6 is 34.2 Å². The van der Waals surface area contributed by atoms with Gasteiger partial charge in [0.15, 0.2) is 5.65 Å². The van der Waals surface area contributed by atoms with Gasteiger partial charge < -0.3 is 0 Å². The lowest BCUT2D eigenvalue weighted by atomic mass is 10.3. The fourth-order valence-corrected chi connectivity index (χ4v) is 3.37. The number of hydrogen-bond acceptors (Lipinski definition) is 2. The fraction of sp³-hybridized carbons (Fsp3) is 0.333. The molecule has 2 heterocycles. The zero-order valence-corrected chi connectivity index (χ0v) is 14.9. The van der Waals surface area contributed by atoms with E-state index in [1.807, 2.05) is 23.7 Å². The molecule has 2 aromatic heterocycles. The van der Waals surface area contributed by atoms with Crippen molar-refractivity contribution in [2.45, 2.75) is 26.8 Å². The number of fused-ring (bicyclic) bond motifs is 1. The molecule has 0 radical (unpaired) electrons. The highest BCUT2D eigenvalue weighted by Gasteiger charge is 2.20. The van der Waals surface area contributed by atoms with Crippen LogP contribution in [0.2, 0.25) is 0 Å². The summed E-state index contributed by atoms with van der Waals surface area (Å²) in [5.74, 6) is 1.55. The van der Waals surface area contributed by atoms with Gasteiger partial charge in [-0.05, 0) is 48.6 Å². The molecule has 0 fully saturated rings. The van der Waals surface area contributed by atoms with E-state index in [-0.39, 0.29) is 0 Å². The molecule has 110 valence electrons. The van der Waals surface area contributed by atoms with Crippen molar-refractivity contribution in [2.24, 2.45) is 0 Å². The average molecular weight is 415 g/mol. The molecule has 0 amide bonds. The van der Waals surface area contributed by atoms with Crippen LogP contribution in [0.15, 0.2) is 24.3 Å². The predicted molar refractivity (Wildman–Crippen MR) is 94.4 cm³/mol. The van der Waals surface area contributed by atoms with Crippen LogP contribution in [0.5, 0.6) is 0 Å². The Bertz CT molecular complexity index is 790. The minimum atomic E-state index is 0.557. The molecule has 0 aliphatic heterocycles. The van der Waals surface area contributed by atoms with E-state index in [9.17, 15) is 0 Å². The average Bonchev–Trinajstić information content (AvgIpc) is 2.98. The maximum atomic E-state index is 5.97. The Morgan fingerprint density at radius 1 is 1.29 bits per heavy atom. The van der Waals surface area contributed by atoms with Gasteiger partial charge in [0.05, 0.1) is 11.4 Å². The van der Waals surface area contributed by atoms with Crippen molar-refractivity contribution < 1.29 is 0 Å². The van der Waals surface area contributed by atoms with E-state index in [2.05, 4.69) is 51.3 Å². The molecule has 0 aliphatic carbocycles. The molecule has 0 saturated carbocycles. The lowest BCUT2D eigenvalue weighted by Crippen LogP contribution is -2.08. The molecule has 0 saturated heterocycles. The molecule has 21 heavy (non-hydrogen) atoms. The van der Waals surface area contributed by atoms with E-state index in [1.54, 1.807) is 0 Å². The number of para-hydroxylation sites is 1. The Kier molecular flexibility index (Phi) is 4.21. The van der Waals surface area contributed by atoms with E-state index in [0.29, 0.717) is 5.88 Å². The van der Waals surface area contributed by atoms with E-state index >= 15 is 0 Å². The van der Waals surface area contributed by atoms with Gasteiger partial charge in [0, 0.05) is 22.4 Å². The number of alkyl halides is 1. The van der Waals surface area contributed by atoms with E-state index in [4.69, 9.17) is 16.6 Å². The summed E-state index contributed by atoms with van der Waals surface area (Å²) < 4.78 is 5.40. The Labute approximate surface area is 142 Å². The highest BCUT2D eigenvalue weighted by molar-refractivity contribution is 14.1. The normalized spacial score (nSPS) is 11.4. The molecular formula is C15H16ClIN4.